The van der Waals surface area contributed by atoms with Crippen LogP contribution in [0.1, 0.15) is 18.9 Å². The molecule has 5 nitrogen and oxygen atoms in total. The van der Waals surface area contributed by atoms with Crippen LogP contribution in [0.5, 0.6) is 0 Å². The van der Waals surface area contributed by atoms with E-state index in [2.05, 4.69) is 27.3 Å². The van der Waals surface area contributed by atoms with Gasteiger partial charge in [0.2, 0.25) is 11.7 Å². The number of rotatable bonds is 3. The fraction of sp³-hybridized carbons (Fsp3) is 0.429. The molecule has 5 heteroatoms. The monoisotopic (exact) mass is 258 g/mol. The lowest BCUT2D eigenvalue weighted by molar-refractivity contribution is 0.154. The van der Waals surface area contributed by atoms with E-state index in [0.717, 1.165) is 31.7 Å². The highest BCUT2D eigenvalue weighted by Crippen LogP contribution is 2.22. The molecule has 0 amide bonds. The minimum absolute atomic E-state index is 0.173. The molecule has 1 atom stereocenters. The normalized spacial score (nSPS) is 18.4. The van der Waals surface area contributed by atoms with Crippen LogP contribution in [0.3, 0.4) is 0 Å². The van der Waals surface area contributed by atoms with Crippen molar-refractivity contribution in [2.75, 3.05) is 26.2 Å². The zero-order chi connectivity index (χ0) is 13.1. The van der Waals surface area contributed by atoms with E-state index in [4.69, 9.17) is 4.52 Å². The summed E-state index contributed by atoms with van der Waals surface area (Å²) in [6.45, 7) is 6.19. The number of nitrogens with one attached hydrogen (secondary N) is 1. The molecular weight excluding hydrogens is 240 g/mol. The molecular formula is C14H18N4O. The lowest BCUT2D eigenvalue weighted by Gasteiger charge is -2.30. The van der Waals surface area contributed by atoms with Gasteiger partial charge in [-0.1, -0.05) is 35.5 Å². The number of aromatic nitrogens is 2. The molecule has 0 unspecified atom stereocenters. The van der Waals surface area contributed by atoms with Crippen molar-refractivity contribution in [1.82, 2.24) is 20.4 Å². The fourth-order valence-electron chi connectivity index (χ4n) is 2.33. The van der Waals surface area contributed by atoms with Gasteiger partial charge in [-0.15, -0.1) is 0 Å². The van der Waals surface area contributed by atoms with Crippen LogP contribution in [-0.2, 0) is 0 Å². The van der Waals surface area contributed by atoms with Gasteiger partial charge in [0, 0.05) is 31.7 Å². The van der Waals surface area contributed by atoms with Crippen LogP contribution in [-0.4, -0.2) is 41.2 Å². The Kier molecular flexibility index (Phi) is 3.57. The topological polar surface area (TPSA) is 54.2 Å². The minimum atomic E-state index is 0.173. The van der Waals surface area contributed by atoms with E-state index in [0.29, 0.717) is 11.7 Å². The largest absolute Gasteiger partial charge is 0.337 e. The summed E-state index contributed by atoms with van der Waals surface area (Å²) in [4.78, 5) is 6.88. The van der Waals surface area contributed by atoms with Crippen LogP contribution in [0.2, 0.25) is 0 Å². The molecule has 1 aliphatic rings. The number of nitrogens with zero attached hydrogens (tertiary/aromatic N) is 3. The smallest absolute Gasteiger partial charge is 0.244 e. The quantitative estimate of drug-likeness (QED) is 0.908. The van der Waals surface area contributed by atoms with Crippen molar-refractivity contribution in [2.24, 2.45) is 0 Å². The van der Waals surface area contributed by atoms with E-state index < -0.39 is 0 Å². The Labute approximate surface area is 112 Å². The van der Waals surface area contributed by atoms with Crippen LogP contribution in [0, 0.1) is 0 Å². The third-order valence-electron chi connectivity index (χ3n) is 3.53. The first kappa shape index (κ1) is 12.3. The third-order valence-corrected chi connectivity index (χ3v) is 3.53. The molecule has 1 saturated heterocycles. The molecule has 1 aliphatic heterocycles. The molecule has 0 spiro atoms. The number of piperazine rings is 1. The predicted octanol–water partition coefficient (Wildman–Crippen LogP) is 1.70. The van der Waals surface area contributed by atoms with Crippen LogP contribution >= 0.6 is 0 Å². The Bertz CT molecular complexity index is 519. The summed E-state index contributed by atoms with van der Waals surface area (Å²) in [6, 6.07) is 10.1. The van der Waals surface area contributed by atoms with Gasteiger partial charge in [0.15, 0.2) is 0 Å². The van der Waals surface area contributed by atoms with Crippen molar-refractivity contribution in [3.05, 3.63) is 36.2 Å². The van der Waals surface area contributed by atoms with Gasteiger partial charge in [-0.25, -0.2) is 0 Å². The van der Waals surface area contributed by atoms with Crippen LogP contribution in [0.25, 0.3) is 11.4 Å². The average molecular weight is 258 g/mol. The molecule has 2 heterocycles. The first-order chi connectivity index (χ1) is 9.34. The van der Waals surface area contributed by atoms with Gasteiger partial charge in [0.05, 0.1) is 6.04 Å². The molecule has 1 N–H and O–H groups in total. The molecule has 3 rings (SSSR count). The average Bonchev–Trinajstić information content (AvgIpc) is 2.98. The minimum Gasteiger partial charge on any atom is -0.337 e. The lowest BCUT2D eigenvalue weighted by atomic mass is 10.2. The summed E-state index contributed by atoms with van der Waals surface area (Å²) in [5, 5.41) is 7.42. The predicted molar refractivity (Wildman–Crippen MR) is 72.6 cm³/mol. The molecule has 0 bridgehead atoms. The highest BCUT2D eigenvalue weighted by molar-refractivity contribution is 5.53. The Balaban J connectivity index is 1.77. The highest BCUT2D eigenvalue weighted by atomic mass is 16.5. The fourth-order valence-corrected chi connectivity index (χ4v) is 2.33. The second-order valence-electron chi connectivity index (χ2n) is 4.78. The SMILES string of the molecule is C[C@H](c1nc(-c2ccccc2)no1)N1CCNCC1. The molecule has 1 aromatic carbocycles. The zero-order valence-electron chi connectivity index (χ0n) is 11.0. The Hall–Kier alpha value is -1.72. The maximum atomic E-state index is 5.41. The van der Waals surface area contributed by atoms with E-state index >= 15 is 0 Å². The maximum Gasteiger partial charge on any atom is 0.244 e. The van der Waals surface area contributed by atoms with Crippen LogP contribution in [0.15, 0.2) is 34.9 Å². The molecule has 19 heavy (non-hydrogen) atoms. The molecule has 0 aliphatic carbocycles. The van der Waals surface area contributed by atoms with Gasteiger partial charge in [-0.3, -0.25) is 4.90 Å². The Morgan fingerprint density at radius 1 is 1.21 bits per heavy atom. The van der Waals surface area contributed by atoms with E-state index in [1.54, 1.807) is 0 Å². The zero-order valence-corrected chi connectivity index (χ0v) is 11.0. The van der Waals surface area contributed by atoms with Gasteiger partial charge in [0.25, 0.3) is 0 Å². The third kappa shape index (κ3) is 2.67. The molecule has 0 radical (unpaired) electrons. The number of hydrogen-bond acceptors (Lipinski definition) is 5. The van der Waals surface area contributed by atoms with E-state index in [-0.39, 0.29) is 6.04 Å². The van der Waals surface area contributed by atoms with Gasteiger partial charge in [-0.2, -0.15) is 4.98 Å². The molecule has 1 aromatic heterocycles. The summed E-state index contributed by atoms with van der Waals surface area (Å²) < 4.78 is 5.41. The first-order valence-electron chi connectivity index (χ1n) is 6.68. The maximum absolute atomic E-state index is 5.41. The molecule has 1 fully saturated rings. The Morgan fingerprint density at radius 2 is 1.95 bits per heavy atom. The van der Waals surface area contributed by atoms with Gasteiger partial charge < -0.3 is 9.84 Å². The lowest BCUT2D eigenvalue weighted by Crippen LogP contribution is -2.44. The summed E-state index contributed by atoms with van der Waals surface area (Å²) >= 11 is 0. The first-order valence-corrected chi connectivity index (χ1v) is 6.68. The van der Waals surface area contributed by atoms with E-state index in [1.807, 2.05) is 30.3 Å². The van der Waals surface area contributed by atoms with Gasteiger partial charge in [0.1, 0.15) is 0 Å². The standard InChI is InChI=1S/C14H18N4O/c1-11(18-9-7-15-8-10-18)14-16-13(17-19-14)12-5-3-2-4-6-12/h2-6,11,15H,7-10H2,1H3/t11-/m1/s1. The highest BCUT2D eigenvalue weighted by Gasteiger charge is 2.23. The number of hydrogen-bond donors (Lipinski definition) is 1. The Morgan fingerprint density at radius 3 is 2.68 bits per heavy atom. The van der Waals surface area contributed by atoms with E-state index in [9.17, 15) is 0 Å². The van der Waals surface area contributed by atoms with Crippen LogP contribution < -0.4 is 5.32 Å². The van der Waals surface area contributed by atoms with Crippen molar-refractivity contribution in [3.63, 3.8) is 0 Å². The summed E-state index contributed by atoms with van der Waals surface area (Å²) in [5.41, 5.74) is 0.991. The molecule has 2 aromatic rings. The van der Waals surface area contributed by atoms with Crippen molar-refractivity contribution in [2.45, 2.75) is 13.0 Å². The van der Waals surface area contributed by atoms with Crippen molar-refractivity contribution in [3.8, 4) is 11.4 Å². The van der Waals surface area contributed by atoms with Crippen molar-refractivity contribution < 1.29 is 4.52 Å². The summed E-state index contributed by atoms with van der Waals surface area (Å²) in [6.07, 6.45) is 0. The van der Waals surface area contributed by atoms with Crippen LogP contribution in [0.4, 0.5) is 0 Å². The van der Waals surface area contributed by atoms with Gasteiger partial charge >= 0.3 is 0 Å². The van der Waals surface area contributed by atoms with E-state index in [1.165, 1.54) is 0 Å². The number of benzene rings is 1. The molecule has 100 valence electrons. The second-order valence-corrected chi connectivity index (χ2v) is 4.78. The summed E-state index contributed by atoms with van der Waals surface area (Å²) in [5.74, 6) is 1.36. The van der Waals surface area contributed by atoms with Crippen molar-refractivity contribution in [1.29, 1.82) is 0 Å². The van der Waals surface area contributed by atoms with Crippen molar-refractivity contribution >= 4 is 0 Å². The molecule has 0 saturated carbocycles. The van der Waals surface area contributed by atoms with Gasteiger partial charge in [-0.05, 0) is 6.92 Å². The second kappa shape index (κ2) is 5.50. The summed E-state index contributed by atoms with van der Waals surface area (Å²) in [7, 11) is 0.